The monoisotopic (exact) mass is 349 g/mol. The summed E-state index contributed by atoms with van der Waals surface area (Å²) in [4.78, 5) is 31.8. The van der Waals surface area contributed by atoms with Gasteiger partial charge < -0.3 is 24.0 Å². The van der Waals surface area contributed by atoms with Gasteiger partial charge >= 0.3 is 6.09 Å². The van der Waals surface area contributed by atoms with Crippen LogP contribution in [0.2, 0.25) is 0 Å². The minimum absolute atomic E-state index is 0.0324. The quantitative estimate of drug-likeness (QED) is 0.811. The number of pyridine rings is 1. The van der Waals surface area contributed by atoms with Gasteiger partial charge in [-0.1, -0.05) is 0 Å². The molecule has 2 saturated heterocycles. The van der Waals surface area contributed by atoms with E-state index in [1.165, 1.54) is 6.20 Å². The fraction of sp³-hybridized carbons (Fsp3) is 0.588. The second-order valence-electron chi connectivity index (χ2n) is 5.97. The summed E-state index contributed by atoms with van der Waals surface area (Å²) in [6.07, 6.45) is 2.09. The molecule has 1 atom stereocenters. The van der Waals surface area contributed by atoms with Crippen molar-refractivity contribution in [3.05, 3.63) is 23.9 Å². The van der Waals surface area contributed by atoms with Crippen molar-refractivity contribution in [3.63, 3.8) is 0 Å². The molecule has 0 N–H and O–H groups in total. The summed E-state index contributed by atoms with van der Waals surface area (Å²) in [6.45, 7) is 5.32. The van der Waals surface area contributed by atoms with Crippen molar-refractivity contribution >= 4 is 12.0 Å². The maximum Gasteiger partial charge on any atom is 0.409 e. The number of carbonyl (C=O) groups is 2. The van der Waals surface area contributed by atoms with Crippen molar-refractivity contribution in [2.75, 3.05) is 46.0 Å². The molecule has 2 amide bonds. The van der Waals surface area contributed by atoms with E-state index in [9.17, 15) is 9.59 Å². The number of hydrogen-bond donors (Lipinski definition) is 0. The minimum atomic E-state index is -0.325. The molecular formula is C17H23N3O5. The van der Waals surface area contributed by atoms with Gasteiger partial charge in [0.1, 0.15) is 6.10 Å². The largest absolute Gasteiger partial charge is 0.472 e. The van der Waals surface area contributed by atoms with E-state index in [2.05, 4.69) is 4.98 Å². The summed E-state index contributed by atoms with van der Waals surface area (Å²) in [7, 11) is 0. The summed E-state index contributed by atoms with van der Waals surface area (Å²) < 4.78 is 15.9. The van der Waals surface area contributed by atoms with Crippen LogP contribution in [0.3, 0.4) is 0 Å². The maximum absolute atomic E-state index is 12.5. The van der Waals surface area contributed by atoms with Crippen molar-refractivity contribution in [2.45, 2.75) is 19.4 Å². The predicted molar refractivity (Wildman–Crippen MR) is 88.6 cm³/mol. The Labute approximate surface area is 146 Å². The number of aromatic nitrogens is 1. The lowest BCUT2D eigenvalue weighted by atomic mass is 10.2. The number of hydrogen-bond acceptors (Lipinski definition) is 6. The first-order valence-corrected chi connectivity index (χ1v) is 8.59. The third-order valence-corrected chi connectivity index (χ3v) is 4.25. The summed E-state index contributed by atoms with van der Waals surface area (Å²) in [6, 6.07) is 3.43. The first-order chi connectivity index (χ1) is 12.2. The van der Waals surface area contributed by atoms with Crippen LogP contribution in [0.25, 0.3) is 0 Å². The Balaban J connectivity index is 1.52. The van der Waals surface area contributed by atoms with Crippen molar-refractivity contribution in [1.29, 1.82) is 0 Å². The Morgan fingerprint density at radius 2 is 2.00 bits per heavy atom. The highest BCUT2D eigenvalue weighted by atomic mass is 16.6. The molecule has 8 heteroatoms. The van der Waals surface area contributed by atoms with E-state index in [0.717, 1.165) is 6.42 Å². The Bertz CT molecular complexity index is 593. The summed E-state index contributed by atoms with van der Waals surface area (Å²) in [5, 5.41) is 0. The minimum Gasteiger partial charge on any atom is -0.472 e. The van der Waals surface area contributed by atoms with Crippen LogP contribution in [0, 0.1) is 0 Å². The number of nitrogens with zero attached hydrogens (tertiary/aromatic N) is 3. The second kappa shape index (κ2) is 8.15. The Hall–Kier alpha value is -2.35. The van der Waals surface area contributed by atoms with Gasteiger partial charge in [0.25, 0.3) is 5.91 Å². The lowest BCUT2D eigenvalue weighted by Crippen LogP contribution is -2.50. The van der Waals surface area contributed by atoms with Crippen LogP contribution in [0.5, 0.6) is 5.88 Å². The topological polar surface area (TPSA) is 81.2 Å². The van der Waals surface area contributed by atoms with Gasteiger partial charge in [-0.05, 0) is 13.0 Å². The molecule has 0 aromatic carbocycles. The van der Waals surface area contributed by atoms with Crippen molar-refractivity contribution < 1.29 is 23.8 Å². The van der Waals surface area contributed by atoms with Crippen LogP contribution >= 0.6 is 0 Å². The Morgan fingerprint density at radius 3 is 2.60 bits per heavy atom. The average molecular weight is 349 g/mol. The van der Waals surface area contributed by atoms with E-state index >= 15 is 0 Å². The van der Waals surface area contributed by atoms with Crippen LogP contribution < -0.4 is 4.74 Å². The lowest BCUT2D eigenvalue weighted by Gasteiger charge is -2.34. The van der Waals surface area contributed by atoms with Gasteiger partial charge in [-0.3, -0.25) is 4.79 Å². The SMILES string of the molecule is CCOC(=O)N1CCN(C(=O)c2ccc(O[C@H]3CCOC3)nc2)CC1. The average Bonchev–Trinajstić information content (AvgIpc) is 3.15. The molecule has 0 radical (unpaired) electrons. The zero-order valence-electron chi connectivity index (χ0n) is 14.3. The molecule has 1 aromatic rings. The van der Waals surface area contributed by atoms with Crippen LogP contribution in [-0.2, 0) is 9.47 Å². The molecule has 0 unspecified atom stereocenters. The van der Waals surface area contributed by atoms with Crippen LogP contribution in [0.1, 0.15) is 23.7 Å². The fourth-order valence-corrected chi connectivity index (χ4v) is 2.84. The van der Waals surface area contributed by atoms with Gasteiger partial charge in [0, 0.05) is 44.9 Å². The lowest BCUT2D eigenvalue weighted by molar-refractivity contribution is 0.0570. The smallest absolute Gasteiger partial charge is 0.409 e. The molecule has 2 aliphatic rings. The van der Waals surface area contributed by atoms with Gasteiger partial charge in [0.15, 0.2) is 0 Å². The molecule has 25 heavy (non-hydrogen) atoms. The highest BCUT2D eigenvalue weighted by Crippen LogP contribution is 2.16. The zero-order valence-corrected chi connectivity index (χ0v) is 14.3. The van der Waals surface area contributed by atoms with Crippen molar-refractivity contribution in [3.8, 4) is 5.88 Å². The molecule has 3 rings (SSSR count). The Morgan fingerprint density at radius 1 is 1.24 bits per heavy atom. The van der Waals surface area contributed by atoms with E-state index in [1.54, 1.807) is 28.9 Å². The molecule has 136 valence electrons. The summed E-state index contributed by atoms with van der Waals surface area (Å²) >= 11 is 0. The fourth-order valence-electron chi connectivity index (χ4n) is 2.84. The van der Waals surface area contributed by atoms with Gasteiger partial charge in [-0.25, -0.2) is 9.78 Å². The number of ether oxygens (including phenoxy) is 3. The van der Waals surface area contributed by atoms with Gasteiger partial charge in [0.05, 0.1) is 25.4 Å². The van der Waals surface area contributed by atoms with E-state index in [1.807, 2.05) is 0 Å². The van der Waals surface area contributed by atoms with Crippen LogP contribution in [-0.4, -0.2) is 78.9 Å². The van der Waals surface area contributed by atoms with E-state index in [-0.39, 0.29) is 18.1 Å². The molecule has 1 aromatic heterocycles. The number of rotatable bonds is 4. The predicted octanol–water partition coefficient (Wildman–Crippen LogP) is 1.16. The molecule has 2 aliphatic heterocycles. The Kier molecular flexibility index (Phi) is 5.70. The first-order valence-electron chi connectivity index (χ1n) is 8.59. The highest BCUT2D eigenvalue weighted by Gasteiger charge is 2.26. The summed E-state index contributed by atoms with van der Waals surface area (Å²) in [5.41, 5.74) is 0.514. The zero-order chi connectivity index (χ0) is 17.6. The number of piperazine rings is 1. The molecule has 8 nitrogen and oxygen atoms in total. The van der Waals surface area contributed by atoms with Crippen LogP contribution in [0.4, 0.5) is 4.79 Å². The number of carbonyl (C=O) groups excluding carboxylic acids is 2. The van der Waals surface area contributed by atoms with Crippen LogP contribution in [0.15, 0.2) is 18.3 Å². The number of amides is 2. The van der Waals surface area contributed by atoms with Gasteiger partial charge in [0.2, 0.25) is 5.88 Å². The maximum atomic E-state index is 12.5. The van der Waals surface area contributed by atoms with E-state index < -0.39 is 0 Å². The van der Waals surface area contributed by atoms with Gasteiger partial charge in [-0.2, -0.15) is 0 Å². The standard InChI is InChI=1S/C17H23N3O5/c1-2-24-17(22)20-8-6-19(7-9-20)16(21)13-3-4-15(18-11-13)25-14-5-10-23-12-14/h3-4,11,14H,2,5-10,12H2,1H3/t14-/m0/s1. The molecule has 3 heterocycles. The molecule has 2 fully saturated rings. The molecule has 0 spiro atoms. The van der Waals surface area contributed by atoms with E-state index in [0.29, 0.717) is 57.4 Å². The molecule has 0 aliphatic carbocycles. The normalized spacial score (nSPS) is 20.4. The second-order valence-corrected chi connectivity index (χ2v) is 5.97. The molecule has 0 saturated carbocycles. The third kappa shape index (κ3) is 4.39. The van der Waals surface area contributed by atoms with Crippen molar-refractivity contribution in [1.82, 2.24) is 14.8 Å². The van der Waals surface area contributed by atoms with Crippen molar-refractivity contribution in [2.24, 2.45) is 0 Å². The molecular weight excluding hydrogens is 326 g/mol. The first kappa shape index (κ1) is 17.5. The van der Waals surface area contributed by atoms with Gasteiger partial charge in [-0.15, -0.1) is 0 Å². The highest BCUT2D eigenvalue weighted by molar-refractivity contribution is 5.94. The third-order valence-electron chi connectivity index (χ3n) is 4.25. The summed E-state index contributed by atoms with van der Waals surface area (Å²) in [5.74, 6) is 0.408. The molecule has 0 bridgehead atoms. The van der Waals surface area contributed by atoms with E-state index in [4.69, 9.17) is 14.2 Å².